The van der Waals surface area contributed by atoms with Crippen LogP contribution in [0.1, 0.15) is 20.8 Å². The quantitative estimate of drug-likeness (QED) is 0.633. The van der Waals surface area contributed by atoms with Crippen molar-refractivity contribution >= 4 is 11.8 Å². The van der Waals surface area contributed by atoms with Crippen molar-refractivity contribution in [1.82, 2.24) is 20.4 Å². The highest BCUT2D eigenvalue weighted by Crippen LogP contribution is 2.12. The van der Waals surface area contributed by atoms with E-state index in [1.54, 1.807) is 0 Å². The predicted octanol–water partition coefficient (Wildman–Crippen LogP) is 1.79. The standard InChI is InChI=1S/C17H13FN4O3/c18-12-4-6-13(7-5-12)22-10-19-9-15(22)17(25)21-20-16(24)11-2-1-3-14(23)8-11/h1-10,23H,(H,20,24)(H,21,25). The first-order valence-corrected chi connectivity index (χ1v) is 7.22. The van der Waals surface area contributed by atoms with Crippen molar-refractivity contribution in [3.05, 3.63) is 78.1 Å². The third kappa shape index (κ3) is 3.63. The number of phenols is 1. The summed E-state index contributed by atoms with van der Waals surface area (Å²) in [6.07, 6.45) is 2.72. The van der Waals surface area contributed by atoms with Gasteiger partial charge in [-0.1, -0.05) is 6.07 Å². The Balaban J connectivity index is 1.71. The van der Waals surface area contributed by atoms with E-state index in [4.69, 9.17) is 0 Å². The molecule has 0 radical (unpaired) electrons. The lowest BCUT2D eigenvalue weighted by atomic mass is 10.2. The summed E-state index contributed by atoms with van der Waals surface area (Å²) in [7, 11) is 0. The van der Waals surface area contributed by atoms with Gasteiger partial charge >= 0.3 is 0 Å². The van der Waals surface area contributed by atoms with E-state index in [1.807, 2.05) is 0 Å². The van der Waals surface area contributed by atoms with Crippen molar-refractivity contribution in [3.63, 3.8) is 0 Å². The van der Waals surface area contributed by atoms with E-state index in [1.165, 1.54) is 65.6 Å². The molecule has 0 aliphatic rings. The molecule has 0 aliphatic heterocycles. The van der Waals surface area contributed by atoms with Crippen LogP contribution in [0.4, 0.5) is 4.39 Å². The van der Waals surface area contributed by atoms with Crippen LogP contribution in [0.15, 0.2) is 61.1 Å². The largest absolute Gasteiger partial charge is 0.508 e. The van der Waals surface area contributed by atoms with Gasteiger partial charge in [-0.25, -0.2) is 9.37 Å². The van der Waals surface area contributed by atoms with Crippen molar-refractivity contribution < 1.29 is 19.1 Å². The number of aromatic hydroxyl groups is 1. The summed E-state index contributed by atoms with van der Waals surface area (Å²) in [5.74, 6) is -1.64. The van der Waals surface area contributed by atoms with Gasteiger partial charge in [-0.3, -0.25) is 25.0 Å². The van der Waals surface area contributed by atoms with Gasteiger partial charge in [0.2, 0.25) is 0 Å². The lowest BCUT2D eigenvalue weighted by Crippen LogP contribution is -2.42. The first-order chi connectivity index (χ1) is 12.0. The van der Waals surface area contributed by atoms with Crippen molar-refractivity contribution in [1.29, 1.82) is 0 Å². The zero-order valence-electron chi connectivity index (χ0n) is 12.8. The van der Waals surface area contributed by atoms with Crippen LogP contribution in [0, 0.1) is 5.82 Å². The second kappa shape index (κ2) is 6.83. The van der Waals surface area contributed by atoms with E-state index in [-0.39, 0.29) is 17.0 Å². The SMILES string of the molecule is O=C(NNC(=O)c1cncn1-c1ccc(F)cc1)c1cccc(O)c1. The number of carbonyl (C=O) groups is 2. The van der Waals surface area contributed by atoms with Crippen LogP contribution in [0.5, 0.6) is 5.75 Å². The van der Waals surface area contributed by atoms with Crippen molar-refractivity contribution in [3.8, 4) is 11.4 Å². The number of rotatable bonds is 3. The molecule has 2 aromatic carbocycles. The molecule has 8 heteroatoms. The number of hydrazine groups is 1. The number of hydrogen-bond acceptors (Lipinski definition) is 4. The Labute approximate surface area is 141 Å². The van der Waals surface area contributed by atoms with Crippen molar-refractivity contribution in [2.45, 2.75) is 0 Å². The zero-order chi connectivity index (χ0) is 17.8. The van der Waals surface area contributed by atoms with Crippen molar-refractivity contribution in [2.75, 3.05) is 0 Å². The van der Waals surface area contributed by atoms with Crippen molar-refractivity contribution in [2.24, 2.45) is 0 Å². The van der Waals surface area contributed by atoms with Crippen LogP contribution in [0.2, 0.25) is 0 Å². The first-order valence-electron chi connectivity index (χ1n) is 7.22. The number of benzene rings is 2. The Kier molecular flexibility index (Phi) is 4.42. The predicted molar refractivity (Wildman–Crippen MR) is 86.6 cm³/mol. The Bertz CT molecular complexity index is 922. The summed E-state index contributed by atoms with van der Waals surface area (Å²) in [6, 6.07) is 11.2. The number of nitrogens with one attached hydrogen (secondary N) is 2. The molecular formula is C17H13FN4O3. The molecule has 1 heterocycles. The summed E-state index contributed by atoms with van der Waals surface area (Å²) in [5.41, 5.74) is 5.41. The summed E-state index contributed by atoms with van der Waals surface area (Å²) in [4.78, 5) is 28.1. The van der Waals surface area contributed by atoms with Gasteiger partial charge in [0.1, 0.15) is 17.3 Å². The number of amides is 2. The third-order valence-corrected chi connectivity index (χ3v) is 3.37. The topological polar surface area (TPSA) is 96.3 Å². The second-order valence-corrected chi connectivity index (χ2v) is 5.08. The minimum atomic E-state index is -0.602. The minimum Gasteiger partial charge on any atom is -0.508 e. The molecule has 0 fully saturated rings. The fourth-order valence-corrected chi connectivity index (χ4v) is 2.17. The molecule has 0 bridgehead atoms. The summed E-state index contributed by atoms with van der Waals surface area (Å²) >= 11 is 0. The molecule has 25 heavy (non-hydrogen) atoms. The lowest BCUT2D eigenvalue weighted by Gasteiger charge is -2.10. The van der Waals surface area contributed by atoms with Gasteiger partial charge in [0, 0.05) is 11.3 Å². The molecule has 3 N–H and O–H groups in total. The van der Waals surface area contributed by atoms with Gasteiger partial charge in [-0.2, -0.15) is 0 Å². The highest BCUT2D eigenvalue weighted by atomic mass is 19.1. The highest BCUT2D eigenvalue weighted by Gasteiger charge is 2.14. The Hall–Kier alpha value is -3.68. The monoisotopic (exact) mass is 340 g/mol. The Morgan fingerprint density at radius 1 is 1.04 bits per heavy atom. The van der Waals surface area contributed by atoms with Gasteiger partial charge in [0.05, 0.1) is 12.5 Å². The van der Waals surface area contributed by atoms with Crippen LogP contribution in [-0.4, -0.2) is 26.5 Å². The number of imidazole rings is 1. The molecule has 2 amide bonds. The molecule has 0 spiro atoms. The first kappa shape index (κ1) is 16.2. The molecule has 0 atom stereocenters. The van der Waals surface area contributed by atoms with Crippen LogP contribution in [-0.2, 0) is 0 Å². The van der Waals surface area contributed by atoms with Crippen LogP contribution in [0.25, 0.3) is 5.69 Å². The number of aromatic nitrogens is 2. The number of hydrogen-bond donors (Lipinski definition) is 3. The molecule has 3 rings (SSSR count). The van der Waals surface area contributed by atoms with Crippen LogP contribution >= 0.6 is 0 Å². The summed E-state index contributed by atoms with van der Waals surface area (Å²) in [6.45, 7) is 0. The number of halogens is 1. The molecular weight excluding hydrogens is 327 g/mol. The molecule has 7 nitrogen and oxygen atoms in total. The molecule has 126 valence electrons. The normalized spacial score (nSPS) is 10.3. The van der Waals surface area contributed by atoms with E-state index < -0.39 is 17.6 Å². The Morgan fingerprint density at radius 3 is 2.48 bits per heavy atom. The van der Waals surface area contributed by atoms with Gasteiger partial charge in [-0.15, -0.1) is 0 Å². The van der Waals surface area contributed by atoms with E-state index in [0.717, 1.165) is 0 Å². The smallest absolute Gasteiger partial charge is 0.288 e. The van der Waals surface area contributed by atoms with E-state index in [0.29, 0.717) is 5.69 Å². The average molecular weight is 340 g/mol. The van der Waals surface area contributed by atoms with Crippen LogP contribution < -0.4 is 10.9 Å². The van der Waals surface area contributed by atoms with Gasteiger partial charge in [0.25, 0.3) is 11.8 Å². The highest BCUT2D eigenvalue weighted by molar-refractivity contribution is 5.98. The fourth-order valence-electron chi connectivity index (χ4n) is 2.17. The van der Waals surface area contributed by atoms with E-state index >= 15 is 0 Å². The fraction of sp³-hybridized carbons (Fsp3) is 0. The number of nitrogens with zero attached hydrogens (tertiary/aromatic N) is 2. The van der Waals surface area contributed by atoms with Crippen LogP contribution in [0.3, 0.4) is 0 Å². The lowest BCUT2D eigenvalue weighted by molar-refractivity contribution is 0.0842. The maximum absolute atomic E-state index is 13.0. The number of phenolic OH excluding ortho intramolecular Hbond substituents is 1. The molecule has 0 aliphatic carbocycles. The van der Waals surface area contributed by atoms with Gasteiger partial charge < -0.3 is 5.11 Å². The molecule has 3 aromatic rings. The minimum absolute atomic E-state index is 0.0617. The summed E-state index contributed by atoms with van der Waals surface area (Å²) in [5, 5.41) is 9.37. The third-order valence-electron chi connectivity index (χ3n) is 3.37. The van der Waals surface area contributed by atoms with E-state index in [2.05, 4.69) is 15.8 Å². The van der Waals surface area contributed by atoms with Gasteiger partial charge in [0.15, 0.2) is 0 Å². The maximum Gasteiger partial charge on any atom is 0.288 e. The molecule has 0 saturated heterocycles. The van der Waals surface area contributed by atoms with E-state index in [9.17, 15) is 19.1 Å². The molecule has 1 aromatic heterocycles. The van der Waals surface area contributed by atoms with Gasteiger partial charge in [-0.05, 0) is 42.5 Å². The molecule has 0 unspecified atom stereocenters. The Morgan fingerprint density at radius 2 is 1.76 bits per heavy atom. The number of carbonyl (C=O) groups excluding carboxylic acids is 2. The second-order valence-electron chi connectivity index (χ2n) is 5.08. The zero-order valence-corrected chi connectivity index (χ0v) is 12.8. The average Bonchev–Trinajstić information content (AvgIpc) is 3.10. The summed E-state index contributed by atoms with van der Waals surface area (Å²) < 4.78 is 14.5. The maximum atomic E-state index is 13.0. The molecule has 0 saturated carbocycles.